The molecule has 1 aliphatic heterocycles. The third-order valence-corrected chi connectivity index (χ3v) is 3.33. The van der Waals surface area contributed by atoms with Gasteiger partial charge in [-0.1, -0.05) is 6.07 Å². The minimum atomic E-state index is -4.52. The van der Waals surface area contributed by atoms with E-state index in [1.54, 1.807) is 0 Å². The van der Waals surface area contributed by atoms with Crippen LogP contribution in [0, 0.1) is 5.82 Å². The number of ether oxygens (including phenoxy) is 1. The number of nitrogens with zero attached hydrogens (tertiary/aromatic N) is 1. The van der Waals surface area contributed by atoms with Crippen LogP contribution < -0.4 is 10.1 Å². The summed E-state index contributed by atoms with van der Waals surface area (Å²) in [4.78, 5) is 1.25. The zero-order chi connectivity index (χ0) is 14.8. The van der Waals surface area contributed by atoms with Gasteiger partial charge in [-0.25, -0.2) is 4.39 Å². The highest BCUT2D eigenvalue weighted by Crippen LogP contribution is 2.39. The molecule has 0 bridgehead atoms. The second-order valence-corrected chi connectivity index (χ2v) is 4.62. The summed E-state index contributed by atoms with van der Waals surface area (Å²) in [5.74, 6) is -0.697. The number of nitrogens with one attached hydrogen (secondary N) is 1. The number of halogens is 5. The Balaban J connectivity index is 0.00000220. The van der Waals surface area contributed by atoms with Gasteiger partial charge < -0.3 is 10.1 Å². The van der Waals surface area contributed by atoms with Crippen LogP contribution in [0.3, 0.4) is 0 Å². The topological polar surface area (TPSA) is 24.5 Å². The fourth-order valence-corrected chi connectivity index (χ4v) is 2.38. The molecule has 1 atom stereocenters. The average molecular weight is 329 g/mol. The highest BCUT2D eigenvalue weighted by molar-refractivity contribution is 5.85. The van der Waals surface area contributed by atoms with Crippen molar-refractivity contribution in [2.45, 2.75) is 12.2 Å². The van der Waals surface area contributed by atoms with Gasteiger partial charge >= 0.3 is 6.18 Å². The molecule has 1 N–H and O–H groups in total. The number of hydrogen-bond donors (Lipinski definition) is 1. The summed E-state index contributed by atoms with van der Waals surface area (Å²) in [6.45, 7) is 1.39. The SMILES string of the molecule is COc1ccc([C@H](N2CCNCC2)C(F)(F)F)c(F)c1.Cl. The second-order valence-electron chi connectivity index (χ2n) is 4.62. The number of piperazine rings is 1. The molecule has 1 aromatic carbocycles. The maximum Gasteiger partial charge on any atom is 0.408 e. The van der Waals surface area contributed by atoms with E-state index in [2.05, 4.69) is 5.32 Å². The summed E-state index contributed by atoms with van der Waals surface area (Å²) >= 11 is 0. The Morgan fingerprint density at radius 3 is 2.33 bits per heavy atom. The molecule has 0 aromatic heterocycles. The van der Waals surface area contributed by atoms with Crippen LogP contribution in [0.5, 0.6) is 5.75 Å². The van der Waals surface area contributed by atoms with Crippen molar-refractivity contribution in [1.82, 2.24) is 10.2 Å². The third kappa shape index (κ3) is 4.21. The zero-order valence-electron chi connectivity index (χ0n) is 11.4. The Morgan fingerprint density at radius 2 is 1.86 bits per heavy atom. The van der Waals surface area contributed by atoms with E-state index in [-0.39, 0.29) is 36.8 Å². The van der Waals surface area contributed by atoms with Gasteiger partial charge in [0.05, 0.1) is 7.11 Å². The van der Waals surface area contributed by atoms with Crippen LogP contribution in [-0.4, -0.2) is 44.4 Å². The number of methoxy groups -OCH3 is 1. The first kappa shape index (κ1) is 18.0. The highest BCUT2D eigenvalue weighted by atomic mass is 35.5. The molecule has 1 fully saturated rings. The average Bonchev–Trinajstić information content (AvgIpc) is 2.40. The molecule has 0 aliphatic carbocycles. The van der Waals surface area contributed by atoms with Crippen molar-refractivity contribution < 1.29 is 22.3 Å². The number of hydrogen-bond acceptors (Lipinski definition) is 3. The van der Waals surface area contributed by atoms with Crippen molar-refractivity contribution in [1.29, 1.82) is 0 Å². The fourth-order valence-electron chi connectivity index (χ4n) is 2.38. The minimum Gasteiger partial charge on any atom is -0.497 e. The van der Waals surface area contributed by atoms with Gasteiger partial charge in [0.25, 0.3) is 0 Å². The Morgan fingerprint density at radius 1 is 1.24 bits per heavy atom. The number of alkyl halides is 3. The lowest BCUT2D eigenvalue weighted by atomic mass is 10.0. The molecule has 0 spiro atoms. The van der Waals surface area contributed by atoms with Gasteiger partial charge in [-0.05, 0) is 6.07 Å². The van der Waals surface area contributed by atoms with Gasteiger partial charge in [0, 0.05) is 37.8 Å². The molecule has 1 heterocycles. The summed E-state index contributed by atoms with van der Waals surface area (Å²) in [5, 5.41) is 2.98. The minimum absolute atomic E-state index is 0. The van der Waals surface area contributed by atoms with Crippen molar-refractivity contribution in [3.63, 3.8) is 0 Å². The summed E-state index contributed by atoms with van der Waals surface area (Å²) in [7, 11) is 1.34. The Hall–Kier alpha value is -1.05. The molecule has 2 rings (SSSR count). The first-order valence-corrected chi connectivity index (χ1v) is 6.28. The van der Waals surface area contributed by atoms with Crippen LogP contribution in [0.4, 0.5) is 17.6 Å². The van der Waals surface area contributed by atoms with Crippen molar-refractivity contribution in [3.8, 4) is 5.75 Å². The monoisotopic (exact) mass is 328 g/mol. The van der Waals surface area contributed by atoms with Crippen molar-refractivity contribution in [2.75, 3.05) is 33.3 Å². The molecule has 1 aliphatic rings. The van der Waals surface area contributed by atoms with Crippen molar-refractivity contribution >= 4 is 12.4 Å². The van der Waals surface area contributed by atoms with Crippen LogP contribution in [0.1, 0.15) is 11.6 Å². The van der Waals surface area contributed by atoms with Crippen molar-refractivity contribution in [2.24, 2.45) is 0 Å². The highest BCUT2D eigenvalue weighted by Gasteiger charge is 2.46. The number of benzene rings is 1. The van der Waals surface area contributed by atoms with E-state index in [1.807, 2.05) is 0 Å². The summed E-state index contributed by atoms with van der Waals surface area (Å²) < 4.78 is 58.6. The van der Waals surface area contributed by atoms with Crippen LogP contribution in [0.25, 0.3) is 0 Å². The van der Waals surface area contributed by atoms with E-state index < -0.39 is 18.0 Å². The second kappa shape index (κ2) is 7.29. The zero-order valence-corrected chi connectivity index (χ0v) is 12.2. The van der Waals surface area contributed by atoms with Gasteiger partial charge in [-0.3, -0.25) is 4.90 Å². The van der Waals surface area contributed by atoms with Crippen LogP contribution in [0.15, 0.2) is 18.2 Å². The molecule has 0 unspecified atom stereocenters. The largest absolute Gasteiger partial charge is 0.497 e. The molecule has 0 radical (unpaired) electrons. The van der Waals surface area contributed by atoms with E-state index in [9.17, 15) is 17.6 Å². The molecular formula is C13H17ClF4N2O. The van der Waals surface area contributed by atoms with E-state index in [1.165, 1.54) is 18.1 Å². The summed E-state index contributed by atoms with van der Waals surface area (Å²) in [5.41, 5.74) is -0.361. The standard InChI is InChI=1S/C13H16F4N2O.ClH/c1-20-9-2-3-10(11(14)8-9)12(13(15,16)17)19-6-4-18-5-7-19;/h2-3,8,12,18H,4-7H2,1H3;1H/t12-;/m0./s1. The van der Waals surface area contributed by atoms with E-state index >= 15 is 0 Å². The van der Waals surface area contributed by atoms with Crippen molar-refractivity contribution in [3.05, 3.63) is 29.6 Å². The lowest BCUT2D eigenvalue weighted by Crippen LogP contribution is -2.49. The predicted octanol–water partition coefficient (Wildman–Crippen LogP) is 2.76. The fraction of sp³-hybridized carbons (Fsp3) is 0.538. The van der Waals surface area contributed by atoms with E-state index in [4.69, 9.17) is 4.74 Å². The third-order valence-electron chi connectivity index (χ3n) is 3.33. The Bertz CT molecular complexity index is 464. The molecular weight excluding hydrogens is 312 g/mol. The summed E-state index contributed by atoms with van der Waals surface area (Å²) in [6.07, 6.45) is -4.52. The molecule has 0 amide bonds. The molecule has 120 valence electrons. The van der Waals surface area contributed by atoms with Gasteiger partial charge in [0.15, 0.2) is 0 Å². The lowest BCUT2D eigenvalue weighted by Gasteiger charge is -2.36. The van der Waals surface area contributed by atoms with Gasteiger partial charge in [0.1, 0.15) is 17.6 Å². The molecule has 3 nitrogen and oxygen atoms in total. The maximum absolute atomic E-state index is 14.0. The van der Waals surface area contributed by atoms with Gasteiger partial charge in [-0.2, -0.15) is 13.2 Å². The molecule has 0 saturated carbocycles. The summed E-state index contributed by atoms with van der Waals surface area (Å²) in [6, 6.07) is 1.56. The Kier molecular flexibility index (Phi) is 6.24. The first-order valence-electron chi connectivity index (χ1n) is 6.28. The molecule has 1 aromatic rings. The lowest BCUT2D eigenvalue weighted by molar-refractivity contribution is -0.188. The quantitative estimate of drug-likeness (QED) is 0.864. The first-order chi connectivity index (χ1) is 9.43. The normalized spacial score (nSPS) is 18.0. The predicted molar refractivity (Wildman–Crippen MR) is 73.4 cm³/mol. The molecule has 21 heavy (non-hydrogen) atoms. The smallest absolute Gasteiger partial charge is 0.408 e. The van der Waals surface area contributed by atoms with Crippen LogP contribution in [-0.2, 0) is 0 Å². The van der Waals surface area contributed by atoms with Gasteiger partial charge in [0.2, 0.25) is 0 Å². The van der Waals surface area contributed by atoms with E-state index in [0.717, 1.165) is 12.1 Å². The number of rotatable bonds is 3. The molecule has 8 heteroatoms. The van der Waals surface area contributed by atoms with Crippen LogP contribution in [0.2, 0.25) is 0 Å². The maximum atomic E-state index is 14.0. The van der Waals surface area contributed by atoms with Crippen LogP contribution >= 0.6 is 12.4 Å². The van der Waals surface area contributed by atoms with E-state index in [0.29, 0.717) is 13.1 Å². The molecule has 1 saturated heterocycles. The van der Waals surface area contributed by atoms with Gasteiger partial charge in [-0.15, -0.1) is 12.4 Å². The Labute approximate surface area is 126 Å².